The molecule has 0 aromatic heterocycles. The van der Waals surface area contributed by atoms with Gasteiger partial charge in [-0.1, -0.05) is 30.3 Å². The van der Waals surface area contributed by atoms with Gasteiger partial charge in [0.2, 0.25) is 0 Å². The van der Waals surface area contributed by atoms with Crippen LogP contribution in [0.1, 0.15) is 5.56 Å². The van der Waals surface area contributed by atoms with Crippen LogP contribution >= 0.6 is 0 Å². The Morgan fingerprint density at radius 2 is 2.08 bits per heavy atom. The summed E-state index contributed by atoms with van der Waals surface area (Å²) in [5.74, 6) is 0. The molecule has 0 heterocycles. The van der Waals surface area contributed by atoms with Gasteiger partial charge in [-0.05, 0) is 5.56 Å². The van der Waals surface area contributed by atoms with E-state index in [0.29, 0.717) is 6.42 Å². The SMILES string of the molecule is COOC(C=O)Cc1ccccc1. The zero-order chi connectivity index (χ0) is 9.52. The third-order valence-corrected chi connectivity index (χ3v) is 1.65. The highest BCUT2D eigenvalue weighted by Gasteiger charge is 2.08. The monoisotopic (exact) mass is 180 g/mol. The van der Waals surface area contributed by atoms with E-state index < -0.39 is 6.10 Å². The summed E-state index contributed by atoms with van der Waals surface area (Å²) >= 11 is 0. The molecule has 0 amide bonds. The lowest BCUT2D eigenvalue weighted by Gasteiger charge is -2.07. The van der Waals surface area contributed by atoms with E-state index in [4.69, 9.17) is 4.89 Å². The van der Waals surface area contributed by atoms with Crippen molar-refractivity contribution in [2.24, 2.45) is 0 Å². The predicted molar refractivity (Wildman–Crippen MR) is 48.1 cm³/mol. The highest BCUT2D eigenvalue weighted by atomic mass is 17.2. The smallest absolute Gasteiger partial charge is 0.152 e. The average Bonchev–Trinajstić information content (AvgIpc) is 2.19. The Morgan fingerprint density at radius 3 is 2.62 bits per heavy atom. The van der Waals surface area contributed by atoms with E-state index in [1.165, 1.54) is 7.11 Å². The minimum absolute atomic E-state index is 0.521. The van der Waals surface area contributed by atoms with Crippen LogP contribution in [0.15, 0.2) is 30.3 Å². The van der Waals surface area contributed by atoms with Gasteiger partial charge in [-0.15, -0.1) is 0 Å². The molecule has 1 aromatic rings. The van der Waals surface area contributed by atoms with Gasteiger partial charge in [0.1, 0.15) is 0 Å². The van der Waals surface area contributed by atoms with E-state index in [2.05, 4.69) is 4.89 Å². The summed E-state index contributed by atoms with van der Waals surface area (Å²) in [5.41, 5.74) is 1.05. The van der Waals surface area contributed by atoms with Gasteiger partial charge in [-0.2, -0.15) is 0 Å². The maximum absolute atomic E-state index is 10.5. The largest absolute Gasteiger partial charge is 0.300 e. The van der Waals surface area contributed by atoms with Crippen LogP contribution < -0.4 is 0 Å². The van der Waals surface area contributed by atoms with Crippen LogP contribution in [0.4, 0.5) is 0 Å². The van der Waals surface area contributed by atoms with Crippen LogP contribution in [-0.2, 0) is 21.0 Å². The number of hydrogen-bond donors (Lipinski definition) is 0. The van der Waals surface area contributed by atoms with Crippen LogP contribution in [0.5, 0.6) is 0 Å². The van der Waals surface area contributed by atoms with Crippen molar-refractivity contribution in [2.45, 2.75) is 12.5 Å². The summed E-state index contributed by atoms with van der Waals surface area (Å²) in [5, 5.41) is 0. The molecule has 0 aliphatic heterocycles. The van der Waals surface area contributed by atoms with Gasteiger partial charge in [0.15, 0.2) is 12.4 Å². The van der Waals surface area contributed by atoms with Crippen molar-refractivity contribution in [1.29, 1.82) is 0 Å². The van der Waals surface area contributed by atoms with Crippen molar-refractivity contribution in [3.8, 4) is 0 Å². The fourth-order valence-corrected chi connectivity index (χ4v) is 1.07. The Hall–Kier alpha value is -1.19. The van der Waals surface area contributed by atoms with Gasteiger partial charge in [-0.25, -0.2) is 9.78 Å². The molecule has 0 bridgehead atoms. The fraction of sp³-hybridized carbons (Fsp3) is 0.300. The Kier molecular flexibility index (Phi) is 4.15. The molecule has 0 spiro atoms. The molecule has 0 saturated carbocycles. The van der Waals surface area contributed by atoms with Crippen molar-refractivity contribution in [3.63, 3.8) is 0 Å². The number of rotatable bonds is 5. The second-order valence-electron chi connectivity index (χ2n) is 2.63. The third kappa shape index (κ3) is 3.36. The fourth-order valence-electron chi connectivity index (χ4n) is 1.07. The molecule has 0 N–H and O–H groups in total. The third-order valence-electron chi connectivity index (χ3n) is 1.65. The molecule has 3 heteroatoms. The van der Waals surface area contributed by atoms with Crippen LogP contribution in [-0.4, -0.2) is 19.5 Å². The molecule has 0 aliphatic carbocycles. The van der Waals surface area contributed by atoms with E-state index in [0.717, 1.165) is 11.8 Å². The second kappa shape index (κ2) is 5.45. The molecule has 0 fully saturated rings. The lowest BCUT2D eigenvalue weighted by Crippen LogP contribution is -2.16. The van der Waals surface area contributed by atoms with E-state index in [-0.39, 0.29) is 0 Å². The molecule has 3 nitrogen and oxygen atoms in total. The van der Waals surface area contributed by atoms with E-state index in [1.807, 2.05) is 30.3 Å². The summed E-state index contributed by atoms with van der Waals surface area (Å²) in [6.45, 7) is 0. The van der Waals surface area contributed by atoms with Crippen LogP contribution in [0, 0.1) is 0 Å². The van der Waals surface area contributed by atoms with Crippen molar-refractivity contribution in [3.05, 3.63) is 35.9 Å². The van der Waals surface area contributed by atoms with Crippen molar-refractivity contribution < 1.29 is 14.6 Å². The highest BCUT2D eigenvalue weighted by molar-refractivity contribution is 5.56. The van der Waals surface area contributed by atoms with Gasteiger partial charge >= 0.3 is 0 Å². The molecule has 0 radical (unpaired) electrons. The van der Waals surface area contributed by atoms with Crippen molar-refractivity contribution in [1.82, 2.24) is 0 Å². The Bertz CT molecular complexity index is 246. The molecule has 1 aromatic carbocycles. The highest BCUT2D eigenvalue weighted by Crippen LogP contribution is 2.04. The molecule has 1 unspecified atom stereocenters. The van der Waals surface area contributed by atoms with Crippen LogP contribution in [0.2, 0.25) is 0 Å². The summed E-state index contributed by atoms with van der Waals surface area (Å²) in [6.07, 6.45) is 0.752. The Balaban J connectivity index is 2.51. The van der Waals surface area contributed by atoms with Gasteiger partial charge in [0.25, 0.3) is 0 Å². The number of carbonyl (C=O) groups is 1. The zero-order valence-corrected chi connectivity index (χ0v) is 7.47. The van der Waals surface area contributed by atoms with Gasteiger partial charge in [0.05, 0.1) is 7.11 Å². The first-order chi connectivity index (χ1) is 6.36. The molecule has 13 heavy (non-hydrogen) atoms. The molecular weight excluding hydrogens is 168 g/mol. The van der Waals surface area contributed by atoms with Gasteiger partial charge < -0.3 is 4.79 Å². The lowest BCUT2D eigenvalue weighted by molar-refractivity contribution is -0.293. The molecule has 70 valence electrons. The quantitative estimate of drug-likeness (QED) is 0.390. The Morgan fingerprint density at radius 1 is 1.38 bits per heavy atom. The summed E-state index contributed by atoms with van der Waals surface area (Å²) < 4.78 is 0. The maximum atomic E-state index is 10.5. The average molecular weight is 180 g/mol. The summed E-state index contributed by atoms with van der Waals surface area (Å²) in [6, 6.07) is 9.65. The van der Waals surface area contributed by atoms with Crippen molar-refractivity contribution in [2.75, 3.05) is 7.11 Å². The first kappa shape index (κ1) is 9.89. The summed E-state index contributed by atoms with van der Waals surface area (Å²) in [4.78, 5) is 19.7. The predicted octanol–water partition coefficient (Wildman–Crippen LogP) is 1.37. The Labute approximate surface area is 77.2 Å². The zero-order valence-electron chi connectivity index (χ0n) is 7.47. The second-order valence-corrected chi connectivity index (χ2v) is 2.63. The minimum Gasteiger partial charge on any atom is -0.300 e. The maximum Gasteiger partial charge on any atom is 0.152 e. The molecule has 0 saturated heterocycles. The minimum atomic E-state index is -0.521. The number of hydrogen-bond acceptors (Lipinski definition) is 3. The van der Waals surface area contributed by atoms with E-state index in [9.17, 15) is 4.79 Å². The number of benzene rings is 1. The lowest BCUT2D eigenvalue weighted by atomic mass is 10.1. The molecule has 0 aliphatic rings. The molecule has 1 atom stereocenters. The van der Waals surface area contributed by atoms with Crippen LogP contribution in [0.25, 0.3) is 0 Å². The van der Waals surface area contributed by atoms with Crippen molar-refractivity contribution >= 4 is 6.29 Å². The topological polar surface area (TPSA) is 35.5 Å². The number of carbonyl (C=O) groups excluding carboxylic acids is 1. The van der Waals surface area contributed by atoms with Crippen LogP contribution in [0.3, 0.4) is 0 Å². The van der Waals surface area contributed by atoms with Gasteiger partial charge in [-0.3, -0.25) is 0 Å². The van der Waals surface area contributed by atoms with E-state index >= 15 is 0 Å². The first-order valence-corrected chi connectivity index (χ1v) is 4.05. The number of aldehydes is 1. The molecule has 1 rings (SSSR count). The first-order valence-electron chi connectivity index (χ1n) is 4.05. The van der Waals surface area contributed by atoms with Gasteiger partial charge in [0, 0.05) is 6.42 Å². The summed E-state index contributed by atoms with van der Waals surface area (Å²) in [7, 11) is 1.39. The molecular formula is C10H12O3. The van der Waals surface area contributed by atoms with E-state index in [1.54, 1.807) is 0 Å². The normalized spacial score (nSPS) is 12.4. The standard InChI is InChI=1S/C10H12O3/c1-12-13-10(8-11)7-9-5-3-2-4-6-9/h2-6,8,10H,7H2,1H3.